The monoisotopic (exact) mass is 210 g/mol. The molecular weight excluding hydrogens is 196 g/mol. The highest BCUT2D eigenvalue weighted by molar-refractivity contribution is 5.94. The van der Waals surface area contributed by atoms with E-state index in [4.69, 9.17) is 5.11 Å². The third-order valence-corrected chi connectivity index (χ3v) is 2.02. The quantitative estimate of drug-likeness (QED) is 0.706. The molecule has 1 atom stereocenters. The average Bonchev–Trinajstić information content (AvgIpc) is 2.21. The molecule has 0 aliphatic rings. The molecule has 5 nitrogen and oxygen atoms in total. The molecule has 82 valence electrons. The van der Waals surface area contributed by atoms with Gasteiger partial charge in [-0.1, -0.05) is 0 Å². The highest BCUT2D eigenvalue weighted by Gasteiger charge is 2.09. The number of hydrogen-bond donors (Lipinski definition) is 2. The van der Waals surface area contributed by atoms with Gasteiger partial charge >= 0.3 is 0 Å². The van der Waals surface area contributed by atoms with Crippen LogP contribution >= 0.6 is 0 Å². The molecule has 0 saturated carbocycles. The van der Waals surface area contributed by atoms with Crippen molar-refractivity contribution in [2.45, 2.75) is 13.0 Å². The van der Waals surface area contributed by atoms with E-state index in [-0.39, 0.29) is 24.1 Å². The first-order valence-corrected chi connectivity index (χ1v) is 4.63. The molecule has 15 heavy (non-hydrogen) atoms. The van der Waals surface area contributed by atoms with Gasteiger partial charge in [-0.25, -0.2) is 0 Å². The van der Waals surface area contributed by atoms with Crippen LogP contribution in [0.1, 0.15) is 17.3 Å². The Morgan fingerprint density at radius 2 is 2.33 bits per heavy atom. The largest absolute Gasteiger partial charge is 0.394 e. The van der Waals surface area contributed by atoms with E-state index in [2.05, 4.69) is 5.32 Å². The highest BCUT2D eigenvalue weighted by Crippen LogP contribution is 1.95. The topological polar surface area (TPSA) is 71.3 Å². The number of carbonyl (C=O) groups is 1. The third-order valence-electron chi connectivity index (χ3n) is 2.02. The minimum atomic E-state index is -0.353. The molecule has 0 bridgehead atoms. The second-order valence-corrected chi connectivity index (χ2v) is 3.42. The van der Waals surface area contributed by atoms with Gasteiger partial charge in [-0.05, 0) is 13.0 Å². The minimum Gasteiger partial charge on any atom is -0.394 e. The smallest absolute Gasteiger partial charge is 0.251 e. The van der Waals surface area contributed by atoms with Crippen LogP contribution in [0.25, 0.3) is 0 Å². The van der Waals surface area contributed by atoms with Gasteiger partial charge in [-0.2, -0.15) is 0 Å². The lowest BCUT2D eigenvalue weighted by Gasteiger charge is -2.10. The van der Waals surface area contributed by atoms with Crippen LogP contribution in [-0.2, 0) is 7.05 Å². The van der Waals surface area contributed by atoms with Crippen LogP contribution in [0.5, 0.6) is 0 Å². The Kier molecular flexibility index (Phi) is 3.62. The van der Waals surface area contributed by atoms with Crippen molar-refractivity contribution in [3.8, 4) is 0 Å². The second-order valence-electron chi connectivity index (χ2n) is 3.42. The summed E-state index contributed by atoms with van der Waals surface area (Å²) in [6.07, 6.45) is 1.53. The maximum absolute atomic E-state index is 11.5. The van der Waals surface area contributed by atoms with Crippen LogP contribution < -0.4 is 10.9 Å². The minimum absolute atomic E-state index is 0.128. The molecular formula is C10H14N2O3. The zero-order valence-corrected chi connectivity index (χ0v) is 8.73. The SMILES string of the molecule is CC(CO)NC(=O)c1ccn(C)c(=O)c1. The summed E-state index contributed by atoms with van der Waals surface area (Å²) in [5.74, 6) is -0.353. The predicted molar refractivity (Wildman–Crippen MR) is 55.7 cm³/mol. The van der Waals surface area contributed by atoms with E-state index < -0.39 is 0 Å². The second kappa shape index (κ2) is 4.75. The van der Waals surface area contributed by atoms with Crippen LogP contribution in [0.15, 0.2) is 23.1 Å². The molecule has 1 amide bonds. The molecule has 1 aromatic rings. The Morgan fingerprint density at radius 3 is 2.87 bits per heavy atom. The van der Waals surface area contributed by atoms with E-state index in [0.29, 0.717) is 5.56 Å². The maximum Gasteiger partial charge on any atom is 0.251 e. The number of rotatable bonds is 3. The van der Waals surface area contributed by atoms with E-state index in [1.165, 1.54) is 16.8 Å². The number of aromatic nitrogens is 1. The number of hydrogen-bond acceptors (Lipinski definition) is 3. The van der Waals surface area contributed by atoms with Crippen LogP contribution in [0.3, 0.4) is 0 Å². The fraction of sp³-hybridized carbons (Fsp3) is 0.400. The molecule has 1 unspecified atom stereocenters. The summed E-state index contributed by atoms with van der Waals surface area (Å²) in [6, 6.07) is 2.50. The third kappa shape index (κ3) is 2.92. The summed E-state index contributed by atoms with van der Waals surface area (Å²) in [4.78, 5) is 22.7. The van der Waals surface area contributed by atoms with Gasteiger partial charge in [0.1, 0.15) is 0 Å². The summed E-state index contributed by atoms with van der Waals surface area (Å²) in [6.45, 7) is 1.55. The van der Waals surface area contributed by atoms with E-state index in [0.717, 1.165) is 0 Å². The number of amides is 1. The number of aryl methyl sites for hydroxylation is 1. The molecule has 5 heteroatoms. The van der Waals surface area contributed by atoms with Gasteiger partial charge in [0, 0.05) is 30.9 Å². The summed E-state index contributed by atoms with van der Waals surface area (Å²) < 4.78 is 1.38. The van der Waals surface area contributed by atoms with Gasteiger partial charge in [-0.3, -0.25) is 9.59 Å². The van der Waals surface area contributed by atoms with Crippen LogP contribution in [-0.4, -0.2) is 28.2 Å². The number of aliphatic hydroxyl groups is 1. The Hall–Kier alpha value is -1.62. The molecule has 1 heterocycles. The molecule has 0 radical (unpaired) electrons. The van der Waals surface area contributed by atoms with Crippen molar-refractivity contribution in [1.82, 2.24) is 9.88 Å². The zero-order valence-electron chi connectivity index (χ0n) is 8.73. The summed E-state index contributed by atoms with van der Waals surface area (Å²) >= 11 is 0. The lowest BCUT2D eigenvalue weighted by atomic mass is 10.2. The summed E-state index contributed by atoms with van der Waals surface area (Å²) in [7, 11) is 1.61. The van der Waals surface area contributed by atoms with Crippen molar-refractivity contribution in [2.24, 2.45) is 7.05 Å². The first-order chi connectivity index (χ1) is 7.04. The average molecular weight is 210 g/mol. The highest BCUT2D eigenvalue weighted by atomic mass is 16.3. The molecule has 0 saturated heterocycles. The Bertz CT molecular complexity index is 411. The van der Waals surface area contributed by atoms with Crippen LogP contribution in [0.2, 0.25) is 0 Å². The van der Waals surface area contributed by atoms with Crippen molar-refractivity contribution in [2.75, 3.05) is 6.61 Å². The van der Waals surface area contributed by atoms with Crippen molar-refractivity contribution in [1.29, 1.82) is 0 Å². The first-order valence-electron chi connectivity index (χ1n) is 4.63. The van der Waals surface area contributed by atoms with Crippen molar-refractivity contribution >= 4 is 5.91 Å². The zero-order chi connectivity index (χ0) is 11.4. The van der Waals surface area contributed by atoms with Gasteiger partial charge in [0.15, 0.2) is 0 Å². The summed E-state index contributed by atoms with van der Waals surface area (Å²) in [5, 5.41) is 11.3. The fourth-order valence-corrected chi connectivity index (χ4v) is 1.04. The van der Waals surface area contributed by atoms with Gasteiger partial charge in [0.2, 0.25) is 0 Å². The molecule has 1 aromatic heterocycles. The van der Waals surface area contributed by atoms with Crippen molar-refractivity contribution < 1.29 is 9.90 Å². The van der Waals surface area contributed by atoms with Crippen molar-refractivity contribution in [3.05, 3.63) is 34.2 Å². The van der Waals surface area contributed by atoms with E-state index in [1.807, 2.05) is 0 Å². The van der Waals surface area contributed by atoms with Crippen LogP contribution in [0.4, 0.5) is 0 Å². The molecule has 0 aromatic carbocycles. The standard InChI is InChI=1S/C10H14N2O3/c1-7(6-13)11-10(15)8-3-4-12(2)9(14)5-8/h3-5,7,13H,6H2,1-2H3,(H,11,15). The first kappa shape index (κ1) is 11.5. The van der Waals surface area contributed by atoms with Gasteiger partial charge in [0.05, 0.1) is 6.61 Å². The van der Waals surface area contributed by atoms with E-state index >= 15 is 0 Å². The Labute approximate surface area is 87.4 Å². The molecule has 0 aliphatic carbocycles. The van der Waals surface area contributed by atoms with Gasteiger partial charge < -0.3 is 15.0 Å². The molecule has 1 rings (SSSR count). The normalized spacial score (nSPS) is 12.2. The van der Waals surface area contributed by atoms with E-state index in [1.54, 1.807) is 20.0 Å². The van der Waals surface area contributed by atoms with Gasteiger partial charge in [0.25, 0.3) is 11.5 Å². The number of nitrogens with zero attached hydrogens (tertiary/aromatic N) is 1. The van der Waals surface area contributed by atoms with E-state index in [9.17, 15) is 9.59 Å². The number of pyridine rings is 1. The van der Waals surface area contributed by atoms with Crippen LogP contribution in [0, 0.1) is 0 Å². The fourth-order valence-electron chi connectivity index (χ4n) is 1.04. The van der Waals surface area contributed by atoms with Crippen molar-refractivity contribution in [3.63, 3.8) is 0 Å². The number of nitrogens with one attached hydrogen (secondary N) is 1. The number of aliphatic hydroxyl groups excluding tert-OH is 1. The molecule has 0 spiro atoms. The Balaban J connectivity index is 2.83. The number of carbonyl (C=O) groups excluding carboxylic acids is 1. The Morgan fingerprint density at radius 1 is 1.67 bits per heavy atom. The maximum atomic E-state index is 11.5. The molecule has 0 aliphatic heterocycles. The molecule has 0 fully saturated rings. The molecule has 2 N–H and O–H groups in total. The van der Waals surface area contributed by atoms with Gasteiger partial charge in [-0.15, -0.1) is 0 Å². The lowest BCUT2D eigenvalue weighted by molar-refractivity contribution is 0.0922. The lowest BCUT2D eigenvalue weighted by Crippen LogP contribution is -2.35. The summed E-state index contributed by atoms with van der Waals surface area (Å²) in [5.41, 5.74) is 0.0673. The predicted octanol–water partition coefficient (Wildman–Crippen LogP) is -0.504.